The zero-order valence-corrected chi connectivity index (χ0v) is 13.9. The minimum absolute atomic E-state index is 0.0800. The van der Waals surface area contributed by atoms with Gasteiger partial charge in [-0.1, -0.05) is 17.7 Å². The van der Waals surface area contributed by atoms with Crippen molar-refractivity contribution in [2.75, 3.05) is 36.5 Å². The van der Waals surface area contributed by atoms with Crippen molar-refractivity contribution in [2.24, 2.45) is 0 Å². The van der Waals surface area contributed by atoms with Crippen LogP contribution in [0.1, 0.15) is 10.4 Å². The molecule has 4 rings (SSSR count). The number of carbonyl (C=O) groups is 1. The molecule has 1 fully saturated rings. The number of thiophene rings is 1. The van der Waals surface area contributed by atoms with Crippen LogP contribution >= 0.6 is 22.9 Å². The molecule has 0 aliphatic carbocycles. The van der Waals surface area contributed by atoms with Crippen molar-refractivity contribution in [2.45, 2.75) is 0 Å². The molecule has 2 aliphatic heterocycles. The van der Waals surface area contributed by atoms with E-state index in [0.717, 1.165) is 42.4 Å². The van der Waals surface area contributed by atoms with E-state index < -0.39 is 0 Å². The highest BCUT2D eigenvalue weighted by Gasteiger charge is 2.24. The normalized spacial score (nSPS) is 19.1. The molecule has 0 atom stereocenters. The summed E-state index contributed by atoms with van der Waals surface area (Å²) in [6.45, 7) is 3.37. The molecular weight excluding hydrogens is 332 g/mol. The number of hydrogen-bond acceptors (Lipinski definition) is 4. The quantitative estimate of drug-likeness (QED) is 0.842. The number of halogens is 1. The van der Waals surface area contributed by atoms with Crippen LogP contribution in [0.2, 0.25) is 5.02 Å². The van der Waals surface area contributed by atoms with Gasteiger partial charge >= 0.3 is 0 Å². The summed E-state index contributed by atoms with van der Waals surface area (Å²) in [6, 6.07) is 9.64. The van der Waals surface area contributed by atoms with Crippen LogP contribution in [0.15, 0.2) is 30.3 Å². The maximum absolute atomic E-state index is 12.2. The monoisotopic (exact) mass is 346 g/mol. The van der Waals surface area contributed by atoms with Gasteiger partial charge < -0.3 is 15.0 Å². The number of fused-ring (bicyclic) bond motifs is 1. The molecule has 1 N–H and O–H groups in total. The van der Waals surface area contributed by atoms with Gasteiger partial charge in [-0.3, -0.25) is 4.79 Å². The highest BCUT2D eigenvalue weighted by Crippen LogP contribution is 2.36. The number of ether oxygens (including phenoxy) is 1. The van der Waals surface area contributed by atoms with E-state index in [0.29, 0.717) is 10.6 Å². The van der Waals surface area contributed by atoms with Crippen molar-refractivity contribution in [1.82, 2.24) is 0 Å². The van der Waals surface area contributed by atoms with E-state index in [-0.39, 0.29) is 5.91 Å². The molecule has 3 heterocycles. The molecule has 6 heteroatoms. The first-order chi connectivity index (χ1) is 11.2. The second-order valence-corrected chi connectivity index (χ2v) is 7.01. The van der Waals surface area contributed by atoms with Crippen molar-refractivity contribution in [3.63, 3.8) is 0 Å². The molecule has 118 valence electrons. The molecule has 4 nitrogen and oxygen atoms in total. The summed E-state index contributed by atoms with van der Waals surface area (Å²) < 4.78 is 5.39. The van der Waals surface area contributed by atoms with Crippen molar-refractivity contribution < 1.29 is 9.53 Å². The molecule has 0 bridgehead atoms. The fourth-order valence-electron chi connectivity index (χ4n) is 2.83. The van der Waals surface area contributed by atoms with E-state index in [1.54, 1.807) is 17.4 Å². The Bertz CT molecular complexity index is 794. The Kier molecular flexibility index (Phi) is 3.85. The number of anilines is 2. The summed E-state index contributed by atoms with van der Waals surface area (Å²) in [5, 5.41) is 4.70. The van der Waals surface area contributed by atoms with Crippen molar-refractivity contribution in [3.8, 4) is 0 Å². The van der Waals surface area contributed by atoms with Crippen LogP contribution in [0, 0.1) is 0 Å². The minimum atomic E-state index is -0.0800. The van der Waals surface area contributed by atoms with Gasteiger partial charge in [-0.15, -0.1) is 11.3 Å². The Morgan fingerprint density at radius 2 is 2.04 bits per heavy atom. The summed E-state index contributed by atoms with van der Waals surface area (Å²) >= 11 is 7.68. The predicted octanol–water partition coefficient (Wildman–Crippen LogP) is 3.73. The number of nitrogens with zero attached hydrogens (tertiary/aromatic N) is 1. The first-order valence-electron chi connectivity index (χ1n) is 7.46. The van der Waals surface area contributed by atoms with Gasteiger partial charge in [-0.25, -0.2) is 0 Å². The zero-order valence-electron chi connectivity index (χ0n) is 12.3. The van der Waals surface area contributed by atoms with Crippen LogP contribution in [0.3, 0.4) is 0 Å². The smallest absolute Gasteiger partial charge is 0.256 e. The number of nitrogens with one attached hydrogen (secondary N) is 1. The SMILES string of the molecule is O=C1Nc2cc(Cl)ccc2C1=Cc1ccc(N2CCOCC2)s1. The van der Waals surface area contributed by atoms with E-state index in [2.05, 4.69) is 22.3 Å². The molecule has 0 spiro atoms. The second-order valence-electron chi connectivity index (χ2n) is 5.48. The van der Waals surface area contributed by atoms with Gasteiger partial charge in [0, 0.05) is 28.6 Å². The number of benzene rings is 1. The lowest BCUT2D eigenvalue weighted by Gasteiger charge is -2.27. The van der Waals surface area contributed by atoms with Crippen LogP contribution in [0.4, 0.5) is 10.7 Å². The zero-order chi connectivity index (χ0) is 15.8. The van der Waals surface area contributed by atoms with Crippen LogP contribution in [0.25, 0.3) is 11.6 Å². The molecular formula is C17H15ClN2O2S. The fraction of sp³-hybridized carbons (Fsp3) is 0.235. The van der Waals surface area contributed by atoms with Crippen LogP contribution in [-0.2, 0) is 9.53 Å². The summed E-state index contributed by atoms with van der Waals surface area (Å²) in [4.78, 5) is 15.6. The van der Waals surface area contributed by atoms with E-state index in [1.807, 2.05) is 18.2 Å². The molecule has 0 unspecified atom stereocenters. The predicted molar refractivity (Wildman–Crippen MR) is 95.3 cm³/mol. The second kappa shape index (κ2) is 6.00. The maximum atomic E-state index is 12.2. The van der Waals surface area contributed by atoms with E-state index in [4.69, 9.17) is 16.3 Å². The highest BCUT2D eigenvalue weighted by molar-refractivity contribution is 7.17. The molecule has 1 amide bonds. The number of hydrogen-bond donors (Lipinski definition) is 1. The Balaban J connectivity index is 1.63. The lowest BCUT2D eigenvalue weighted by molar-refractivity contribution is -0.110. The van der Waals surface area contributed by atoms with E-state index in [9.17, 15) is 4.79 Å². The van der Waals surface area contributed by atoms with Gasteiger partial charge in [-0.05, 0) is 30.3 Å². The van der Waals surface area contributed by atoms with Gasteiger partial charge in [0.15, 0.2) is 0 Å². The first-order valence-corrected chi connectivity index (χ1v) is 8.66. The molecule has 1 saturated heterocycles. The molecule has 0 saturated carbocycles. The topological polar surface area (TPSA) is 41.6 Å². The van der Waals surface area contributed by atoms with Crippen molar-refractivity contribution in [1.29, 1.82) is 0 Å². The summed E-state index contributed by atoms with van der Waals surface area (Å²) in [5.74, 6) is -0.0800. The standard InChI is InChI=1S/C17H15ClN2O2S/c18-11-1-3-13-14(17(21)19-15(13)9-11)10-12-2-4-16(23-12)20-5-7-22-8-6-20/h1-4,9-10H,5-8H2,(H,19,21). The molecule has 1 aromatic carbocycles. The lowest BCUT2D eigenvalue weighted by atomic mass is 10.1. The van der Waals surface area contributed by atoms with Gasteiger partial charge in [0.1, 0.15) is 0 Å². The Morgan fingerprint density at radius 3 is 2.87 bits per heavy atom. The Labute approximate surface area is 143 Å². The summed E-state index contributed by atoms with van der Waals surface area (Å²) in [7, 11) is 0. The third kappa shape index (κ3) is 2.87. The molecule has 2 aromatic rings. The number of rotatable bonds is 2. The molecule has 1 aromatic heterocycles. The minimum Gasteiger partial charge on any atom is -0.378 e. The van der Waals surface area contributed by atoms with Crippen molar-refractivity contribution in [3.05, 3.63) is 45.8 Å². The summed E-state index contributed by atoms with van der Waals surface area (Å²) in [6.07, 6.45) is 1.95. The third-order valence-corrected chi connectivity index (χ3v) is 5.31. The fourth-order valence-corrected chi connectivity index (χ4v) is 4.00. The number of morpholine rings is 1. The average Bonchev–Trinajstić information content (AvgIpc) is 3.14. The average molecular weight is 347 g/mol. The van der Waals surface area contributed by atoms with Gasteiger partial charge in [0.05, 0.1) is 29.5 Å². The van der Waals surface area contributed by atoms with Gasteiger partial charge in [0.2, 0.25) is 0 Å². The third-order valence-electron chi connectivity index (χ3n) is 3.99. The van der Waals surface area contributed by atoms with Crippen molar-refractivity contribution >= 4 is 51.2 Å². The van der Waals surface area contributed by atoms with Gasteiger partial charge in [-0.2, -0.15) is 0 Å². The highest BCUT2D eigenvalue weighted by atomic mass is 35.5. The number of carbonyl (C=O) groups excluding carboxylic acids is 1. The van der Waals surface area contributed by atoms with E-state index >= 15 is 0 Å². The van der Waals surface area contributed by atoms with E-state index in [1.165, 1.54) is 5.00 Å². The van der Waals surface area contributed by atoms with Gasteiger partial charge in [0.25, 0.3) is 5.91 Å². The Hall–Kier alpha value is -1.82. The summed E-state index contributed by atoms with van der Waals surface area (Å²) in [5.41, 5.74) is 2.37. The largest absolute Gasteiger partial charge is 0.378 e. The lowest BCUT2D eigenvalue weighted by Crippen LogP contribution is -2.35. The number of amides is 1. The van der Waals surface area contributed by atoms with Crippen LogP contribution < -0.4 is 10.2 Å². The molecule has 23 heavy (non-hydrogen) atoms. The Morgan fingerprint density at radius 1 is 1.22 bits per heavy atom. The molecule has 0 radical (unpaired) electrons. The van der Waals surface area contributed by atoms with Crippen LogP contribution in [0.5, 0.6) is 0 Å². The van der Waals surface area contributed by atoms with Crippen LogP contribution in [-0.4, -0.2) is 32.2 Å². The molecule has 2 aliphatic rings. The first kappa shape index (κ1) is 14.8. The maximum Gasteiger partial charge on any atom is 0.256 e.